The van der Waals surface area contributed by atoms with Gasteiger partial charge < -0.3 is 15.0 Å². The number of hydrogen-bond donors (Lipinski definition) is 1. The van der Waals surface area contributed by atoms with Crippen molar-refractivity contribution in [3.8, 4) is 5.75 Å². The minimum absolute atomic E-state index is 0.574. The normalized spacial score (nSPS) is 17.4. The predicted molar refractivity (Wildman–Crippen MR) is 103 cm³/mol. The summed E-state index contributed by atoms with van der Waals surface area (Å²) in [5, 5.41) is 3.41. The van der Waals surface area contributed by atoms with Crippen LogP contribution in [0.2, 0.25) is 0 Å². The molecule has 5 heteroatoms. The van der Waals surface area contributed by atoms with E-state index in [2.05, 4.69) is 41.2 Å². The van der Waals surface area contributed by atoms with Gasteiger partial charge in [0, 0.05) is 18.7 Å². The van der Waals surface area contributed by atoms with E-state index in [9.17, 15) is 0 Å². The molecule has 3 rings (SSSR count). The SMILES string of the molecule is CCC1CCCCN1c1cc(Nc2cc(C)ccc2OC)nc(C)n1. The third kappa shape index (κ3) is 4.03. The van der Waals surface area contributed by atoms with Gasteiger partial charge in [-0.05, 0) is 57.2 Å². The number of aromatic nitrogens is 2. The Morgan fingerprint density at radius 1 is 1.20 bits per heavy atom. The molecule has 2 heterocycles. The highest BCUT2D eigenvalue weighted by atomic mass is 16.5. The monoisotopic (exact) mass is 340 g/mol. The number of benzene rings is 1. The molecule has 1 atom stereocenters. The van der Waals surface area contributed by atoms with Gasteiger partial charge in [0.05, 0.1) is 12.8 Å². The van der Waals surface area contributed by atoms with E-state index in [4.69, 9.17) is 9.72 Å². The van der Waals surface area contributed by atoms with Crippen LogP contribution in [0.1, 0.15) is 44.0 Å². The highest BCUT2D eigenvalue weighted by Gasteiger charge is 2.23. The Morgan fingerprint density at radius 2 is 2.04 bits per heavy atom. The molecule has 1 aromatic carbocycles. The summed E-state index contributed by atoms with van der Waals surface area (Å²) in [6.45, 7) is 7.35. The number of nitrogens with one attached hydrogen (secondary N) is 1. The van der Waals surface area contributed by atoms with Crippen molar-refractivity contribution in [2.45, 2.75) is 52.5 Å². The maximum Gasteiger partial charge on any atom is 0.142 e. The van der Waals surface area contributed by atoms with Crippen molar-refractivity contribution >= 4 is 17.3 Å². The lowest BCUT2D eigenvalue weighted by Gasteiger charge is -2.36. The first-order valence-corrected chi connectivity index (χ1v) is 9.14. The Balaban J connectivity index is 1.91. The van der Waals surface area contributed by atoms with Gasteiger partial charge in [0.25, 0.3) is 0 Å². The lowest BCUT2D eigenvalue weighted by atomic mass is 10.00. The first-order chi connectivity index (χ1) is 12.1. The third-order valence-corrected chi connectivity index (χ3v) is 4.83. The van der Waals surface area contributed by atoms with Crippen LogP contribution in [0, 0.1) is 13.8 Å². The first-order valence-electron chi connectivity index (χ1n) is 9.14. The van der Waals surface area contributed by atoms with Crippen molar-refractivity contribution in [1.82, 2.24) is 9.97 Å². The summed E-state index contributed by atoms with van der Waals surface area (Å²) in [6.07, 6.45) is 4.93. The van der Waals surface area contributed by atoms with Gasteiger partial charge >= 0.3 is 0 Å². The highest BCUT2D eigenvalue weighted by molar-refractivity contribution is 5.66. The Morgan fingerprint density at radius 3 is 2.80 bits per heavy atom. The molecule has 1 N–H and O–H groups in total. The summed E-state index contributed by atoms with van der Waals surface area (Å²) < 4.78 is 5.47. The summed E-state index contributed by atoms with van der Waals surface area (Å²) in [5.41, 5.74) is 2.11. The molecule has 0 spiro atoms. The molecular formula is C20H28N4O. The van der Waals surface area contributed by atoms with E-state index in [1.807, 2.05) is 19.1 Å². The standard InChI is InChI=1S/C20H28N4O/c1-5-16-8-6-7-11-24(16)20-13-19(21-15(3)22-20)23-17-12-14(2)9-10-18(17)25-4/h9-10,12-13,16H,5-8,11H2,1-4H3,(H,21,22,23). The zero-order chi connectivity index (χ0) is 17.8. The van der Waals surface area contributed by atoms with Crippen LogP contribution >= 0.6 is 0 Å². The lowest BCUT2D eigenvalue weighted by molar-refractivity contribution is 0.416. The van der Waals surface area contributed by atoms with Crippen molar-refractivity contribution in [1.29, 1.82) is 0 Å². The van der Waals surface area contributed by atoms with Gasteiger partial charge in [0.2, 0.25) is 0 Å². The third-order valence-electron chi connectivity index (χ3n) is 4.83. The van der Waals surface area contributed by atoms with Crippen LogP contribution in [0.25, 0.3) is 0 Å². The second-order valence-electron chi connectivity index (χ2n) is 6.74. The van der Waals surface area contributed by atoms with Gasteiger partial charge in [-0.1, -0.05) is 13.0 Å². The average molecular weight is 340 g/mol. The van der Waals surface area contributed by atoms with Gasteiger partial charge in [0.15, 0.2) is 0 Å². The van der Waals surface area contributed by atoms with Crippen LogP contribution in [0.5, 0.6) is 5.75 Å². The predicted octanol–water partition coefficient (Wildman–Crippen LogP) is 4.61. The number of aryl methyl sites for hydroxylation is 2. The smallest absolute Gasteiger partial charge is 0.142 e. The highest BCUT2D eigenvalue weighted by Crippen LogP contribution is 2.30. The number of methoxy groups -OCH3 is 1. The second-order valence-corrected chi connectivity index (χ2v) is 6.74. The van der Waals surface area contributed by atoms with E-state index in [0.717, 1.165) is 41.9 Å². The molecule has 0 amide bonds. The summed E-state index contributed by atoms with van der Waals surface area (Å²) >= 11 is 0. The molecule has 25 heavy (non-hydrogen) atoms. The number of ether oxygens (including phenoxy) is 1. The van der Waals surface area contributed by atoms with E-state index in [1.54, 1.807) is 7.11 Å². The number of rotatable bonds is 5. The molecule has 1 aromatic heterocycles. The zero-order valence-corrected chi connectivity index (χ0v) is 15.7. The Hall–Kier alpha value is -2.30. The Labute approximate surface area is 150 Å². The van der Waals surface area contributed by atoms with E-state index >= 15 is 0 Å². The molecular weight excluding hydrogens is 312 g/mol. The van der Waals surface area contributed by atoms with Crippen molar-refractivity contribution < 1.29 is 4.74 Å². The number of anilines is 3. The molecule has 1 unspecified atom stereocenters. The zero-order valence-electron chi connectivity index (χ0n) is 15.7. The van der Waals surface area contributed by atoms with Crippen molar-refractivity contribution in [3.63, 3.8) is 0 Å². The largest absolute Gasteiger partial charge is 0.495 e. The minimum Gasteiger partial charge on any atom is -0.495 e. The van der Waals surface area contributed by atoms with Crippen LogP contribution in [0.3, 0.4) is 0 Å². The summed E-state index contributed by atoms with van der Waals surface area (Å²) in [6, 6.07) is 8.73. The molecule has 2 aromatic rings. The summed E-state index contributed by atoms with van der Waals surface area (Å²) in [5.74, 6) is 3.43. The number of nitrogens with zero attached hydrogens (tertiary/aromatic N) is 3. The van der Waals surface area contributed by atoms with Gasteiger partial charge in [0.1, 0.15) is 23.2 Å². The van der Waals surface area contributed by atoms with Gasteiger partial charge in [-0.2, -0.15) is 0 Å². The molecule has 1 fully saturated rings. The first kappa shape index (κ1) is 17.5. The molecule has 0 saturated carbocycles. The summed E-state index contributed by atoms with van der Waals surface area (Å²) in [4.78, 5) is 11.7. The molecule has 5 nitrogen and oxygen atoms in total. The molecule has 1 aliphatic heterocycles. The summed E-state index contributed by atoms with van der Waals surface area (Å²) in [7, 11) is 1.69. The fourth-order valence-corrected chi connectivity index (χ4v) is 3.55. The molecule has 0 radical (unpaired) electrons. The molecule has 0 aliphatic carbocycles. The van der Waals surface area contributed by atoms with Crippen molar-refractivity contribution in [2.75, 3.05) is 23.9 Å². The van der Waals surface area contributed by atoms with Crippen LogP contribution in [-0.4, -0.2) is 29.7 Å². The van der Waals surface area contributed by atoms with Crippen LogP contribution < -0.4 is 15.0 Å². The lowest BCUT2D eigenvalue weighted by Crippen LogP contribution is -2.39. The Kier molecular flexibility index (Phi) is 5.41. The average Bonchev–Trinajstić information content (AvgIpc) is 2.61. The molecule has 1 saturated heterocycles. The quantitative estimate of drug-likeness (QED) is 0.861. The van der Waals surface area contributed by atoms with Gasteiger partial charge in [-0.3, -0.25) is 0 Å². The molecule has 0 bridgehead atoms. The van der Waals surface area contributed by atoms with Crippen molar-refractivity contribution in [2.24, 2.45) is 0 Å². The van der Waals surface area contributed by atoms with E-state index in [1.165, 1.54) is 24.8 Å². The maximum atomic E-state index is 5.47. The molecule has 134 valence electrons. The molecule has 1 aliphatic rings. The van der Waals surface area contributed by atoms with Crippen molar-refractivity contribution in [3.05, 3.63) is 35.7 Å². The van der Waals surface area contributed by atoms with Crippen LogP contribution in [-0.2, 0) is 0 Å². The number of hydrogen-bond acceptors (Lipinski definition) is 5. The maximum absolute atomic E-state index is 5.47. The van der Waals surface area contributed by atoms with E-state index in [-0.39, 0.29) is 0 Å². The van der Waals surface area contributed by atoms with Crippen LogP contribution in [0.4, 0.5) is 17.3 Å². The fourth-order valence-electron chi connectivity index (χ4n) is 3.55. The second kappa shape index (κ2) is 7.72. The number of piperidine rings is 1. The van der Waals surface area contributed by atoms with Gasteiger partial charge in [-0.25, -0.2) is 9.97 Å². The van der Waals surface area contributed by atoms with E-state index < -0.39 is 0 Å². The topological polar surface area (TPSA) is 50.3 Å². The van der Waals surface area contributed by atoms with Gasteiger partial charge in [-0.15, -0.1) is 0 Å². The van der Waals surface area contributed by atoms with Crippen LogP contribution in [0.15, 0.2) is 24.3 Å². The fraction of sp³-hybridized carbons (Fsp3) is 0.500. The Bertz CT molecular complexity index is 732. The van der Waals surface area contributed by atoms with E-state index in [0.29, 0.717) is 6.04 Å². The minimum atomic E-state index is 0.574.